The number of pyridine rings is 2. The number of ether oxygens (including phenoxy) is 2. The average Bonchev–Trinajstić information content (AvgIpc) is 3.64. The lowest BCUT2D eigenvalue weighted by Gasteiger charge is -2.28. The first kappa shape index (κ1) is 23.3. The summed E-state index contributed by atoms with van der Waals surface area (Å²) in [6.45, 7) is 6.90. The van der Waals surface area contributed by atoms with Gasteiger partial charge < -0.3 is 24.6 Å². The van der Waals surface area contributed by atoms with Crippen molar-refractivity contribution in [3.8, 4) is 11.4 Å². The number of morpholine rings is 2. The van der Waals surface area contributed by atoms with Gasteiger partial charge in [0.2, 0.25) is 0 Å². The molecule has 12 heteroatoms. The molecule has 11 nitrogen and oxygen atoms in total. The SMILES string of the molecule is c1cc(N2CCOCC2)ncc1NCc1cc2nc(-c3cncc4[nH]ncc34)nc(N3CCOCC3)c2s1. The van der Waals surface area contributed by atoms with E-state index in [4.69, 9.17) is 19.4 Å². The van der Waals surface area contributed by atoms with Crippen LogP contribution in [0.25, 0.3) is 32.5 Å². The smallest absolute Gasteiger partial charge is 0.164 e. The van der Waals surface area contributed by atoms with Crippen molar-refractivity contribution in [1.29, 1.82) is 0 Å². The van der Waals surface area contributed by atoms with E-state index in [2.05, 4.69) is 53.5 Å². The van der Waals surface area contributed by atoms with Gasteiger partial charge in [-0.15, -0.1) is 11.3 Å². The van der Waals surface area contributed by atoms with Crippen LogP contribution in [0.15, 0.2) is 43.0 Å². The molecular weight excluding hydrogens is 502 g/mol. The number of fused-ring (bicyclic) bond motifs is 2. The second-order valence-corrected chi connectivity index (χ2v) is 10.4. The van der Waals surface area contributed by atoms with Crippen LogP contribution in [-0.2, 0) is 16.0 Å². The standard InChI is InChI=1S/C26H27N9O2S/c1-2-23(34-3-7-36-8-4-34)29-12-17(1)28-13-18-11-21-24(38-18)26(35-5-9-37-10-6-35)32-25(31-21)20-14-27-16-22-19(20)15-30-33-22/h1-2,11-12,14-16,28H,3-10,13H2,(H,30,33). The van der Waals surface area contributed by atoms with Gasteiger partial charge in [-0.25, -0.2) is 15.0 Å². The number of aromatic amines is 1. The van der Waals surface area contributed by atoms with Crippen molar-refractivity contribution < 1.29 is 9.47 Å². The Morgan fingerprint density at radius 1 is 0.921 bits per heavy atom. The Labute approximate surface area is 222 Å². The van der Waals surface area contributed by atoms with Crippen LogP contribution in [0, 0.1) is 0 Å². The molecule has 0 radical (unpaired) electrons. The number of thiophene rings is 1. The second-order valence-electron chi connectivity index (χ2n) is 9.27. The highest BCUT2D eigenvalue weighted by atomic mass is 32.1. The van der Waals surface area contributed by atoms with Crippen molar-refractivity contribution in [1.82, 2.24) is 30.1 Å². The molecule has 5 aromatic heterocycles. The van der Waals surface area contributed by atoms with Crippen molar-refractivity contribution >= 4 is 49.8 Å². The number of nitrogens with zero attached hydrogens (tertiary/aromatic N) is 7. The molecule has 2 N–H and O–H groups in total. The van der Waals surface area contributed by atoms with E-state index in [-0.39, 0.29) is 0 Å². The van der Waals surface area contributed by atoms with Gasteiger partial charge in [0.25, 0.3) is 0 Å². The molecule has 5 aromatic rings. The Bertz CT molecular complexity index is 1560. The van der Waals surface area contributed by atoms with Crippen LogP contribution in [0.3, 0.4) is 0 Å². The number of H-pyrrole nitrogens is 1. The first-order chi connectivity index (χ1) is 18.8. The molecule has 2 fully saturated rings. The minimum atomic E-state index is 0.652. The van der Waals surface area contributed by atoms with Crippen LogP contribution in [0.5, 0.6) is 0 Å². The predicted molar refractivity (Wildman–Crippen MR) is 148 cm³/mol. The number of rotatable bonds is 6. The Morgan fingerprint density at radius 2 is 1.74 bits per heavy atom. The third kappa shape index (κ3) is 4.51. The van der Waals surface area contributed by atoms with Gasteiger partial charge in [-0.1, -0.05) is 0 Å². The molecule has 0 saturated carbocycles. The van der Waals surface area contributed by atoms with Crippen molar-refractivity contribution in [3.05, 3.63) is 47.9 Å². The number of aromatic nitrogens is 6. The predicted octanol–water partition coefficient (Wildman–Crippen LogP) is 3.31. The van der Waals surface area contributed by atoms with Gasteiger partial charge in [0, 0.05) is 54.7 Å². The molecule has 0 bridgehead atoms. The molecule has 0 aliphatic carbocycles. The van der Waals surface area contributed by atoms with Crippen molar-refractivity contribution in [2.75, 3.05) is 67.7 Å². The highest BCUT2D eigenvalue weighted by Gasteiger charge is 2.21. The fourth-order valence-corrected chi connectivity index (χ4v) is 5.92. The van der Waals surface area contributed by atoms with E-state index in [0.29, 0.717) is 25.6 Å². The Balaban J connectivity index is 1.18. The summed E-state index contributed by atoms with van der Waals surface area (Å²) in [5.41, 5.74) is 3.64. The molecule has 194 valence electrons. The summed E-state index contributed by atoms with van der Waals surface area (Å²) >= 11 is 1.73. The molecule has 0 atom stereocenters. The van der Waals surface area contributed by atoms with Crippen LogP contribution in [-0.4, -0.2) is 82.7 Å². The van der Waals surface area contributed by atoms with Crippen molar-refractivity contribution in [2.24, 2.45) is 0 Å². The van der Waals surface area contributed by atoms with Crippen LogP contribution in [0.1, 0.15) is 4.88 Å². The molecule has 0 unspecified atom stereocenters. The topological polar surface area (TPSA) is 117 Å². The Hall–Kier alpha value is -3.87. The summed E-state index contributed by atoms with van der Waals surface area (Å²) in [7, 11) is 0. The molecule has 7 heterocycles. The van der Waals surface area contributed by atoms with E-state index in [1.165, 1.54) is 4.88 Å². The molecule has 2 aliphatic rings. The zero-order valence-corrected chi connectivity index (χ0v) is 21.6. The first-order valence-electron chi connectivity index (χ1n) is 12.7. The fraction of sp³-hybridized carbons (Fsp3) is 0.346. The third-order valence-electron chi connectivity index (χ3n) is 6.87. The van der Waals surface area contributed by atoms with Gasteiger partial charge in [-0.3, -0.25) is 10.1 Å². The zero-order chi connectivity index (χ0) is 25.3. The lowest BCUT2D eigenvalue weighted by Crippen LogP contribution is -2.36. The van der Waals surface area contributed by atoms with E-state index < -0.39 is 0 Å². The van der Waals surface area contributed by atoms with E-state index in [1.807, 2.05) is 12.4 Å². The number of nitrogens with one attached hydrogen (secondary N) is 2. The van der Waals surface area contributed by atoms with Crippen LogP contribution < -0.4 is 15.1 Å². The first-order valence-corrected chi connectivity index (χ1v) is 13.6. The maximum absolute atomic E-state index is 5.61. The molecule has 0 spiro atoms. The Morgan fingerprint density at radius 3 is 2.53 bits per heavy atom. The van der Waals surface area contributed by atoms with Crippen molar-refractivity contribution in [2.45, 2.75) is 6.54 Å². The highest BCUT2D eigenvalue weighted by molar-refractivity contribution is 7.19. The quantitative estimate of drug-likeness (QED) is 0.339. The minimum Gasteiger partial charge on any atom is -0.379 e. The van der Waals surface area contributed by atoms with Crippen LogP contribution >= 0.6 is 11.3 Å². The maximum atomic E-state index is 5.61. The monoisotopic (exact) mass is 529 g/mol. The molecular formula is C26H27N9O2S. The summed E-state index contributed by atoms with van der Waals surface area (Å²) in [6.07, 6.45) is 7.28. The second kappa shape index (κ2) is 10.1. The normalized spacial score (nSPS) is 16.4. The molecule has 38 heavy (non-hydrogen) atoms. The average molecular weight is 530 g/mol. The molecule has 0 amide bonds. The third-order valence-corrected chi connectivity index (χ3v) is 7.99. The van der Waals surface area contributed by atoms with Gasteiger partial charge in [0.05, 0.1) is 66.4 Å². The lowest BCUT2D eigenvalue weighted by molar-refractivity contribution is 0.122. The summed E-state index contributed by atoms with van der Waals surface area (Å²) < 4.78 is 12.1. The van der Waals surface area contributed by atoms with E-state index in [9.17, 15) is 0 Å². The number of hydrogen-bond donors (Lipinski definition) is 2. The largest absolute Gasteiger partial charge is 0.379 e. The minimum absolute atomic E-state index is 0.652. The number of hydrogen-bond acceptors (Lipinski definition) is 11. The number of anilines is 3. The van der Waals surface area contributed by atoms with E-state index in [1.54, 1.807) is 23.7 Å². The maximum Gasteiger partial charge on any atom is 0.164 e. The van der Waals surface area contributed by atoms with E-state index in [0.717, 1.165) is 83.4 Å². The van der Waals surface area contributed by atoms with Gasteiger partial charge in [-0.2, -0.15) is 5.10 Å². The summed E-state index contributed by atoms with van der Waals surface area (Å²) in [4.78, 5) is 24.8. The van der Waals surface area contributed by atoms with E-state index >= 15 is 0 Å². The van der Waals surface area contributed by atoms with Gasteiger partial charge in [-0.05, 0) is 18.2 Å². The van der Waals surface area contributed by atoms with Crippen molar-refractivity contribution in [3.63, 3.8) is 0 Å². The summed E-state index contributed by atoms with van der Waals surface area (Å²) in [5, 5.41) is 11.6. The molecule has 0 aromatic carbocycles. The molecule has 2 aliphatic heterocycles. The van der Waals surface area contributed by atoms with Crippen LogP contribution in [0.2, 0.25) is 0 Å². The van der Waals surface area contributed by atoms with Gasteiger partial charge >= 0.3 is 0 Å². The van der Waals surface area contributed by atoms with Crippen LogP contribution in [0.4, 0.5) is 17.3 Å². The van der Waals surface area contributed by atoms with Gasteiger partial charge in [0.1, 0.15) is 5.82 Å². The molecule has 7 rings (SSSR count). The molecule has 2 saturated heterocycles. The highest BCUT2D eigenvalue weighted by Crippen LogP contribution is 2.36. The lowest BCUT2D eigenvalue weighted by atomic mass is 10.2. The zero-order valence-electron chi connectivity index (χ0n) is 20.8. The Kier molecular flexibility index (Phi) is 6.20. The summed E-state index contributed by atoms with van der Waals surface area (Å²) in [6, 6.07) is 6.30. The fourth-order valence-electron chi connectivity index (χ4n) is 4.86. The summed E-state index contributed by atoms with van der Waals surface area (Å²) in [5.74, 6) is 2.58. The van der Waals surface area contributed by atoms with Gasteiger partial charge in [0.15, 0.2) is 11.6 Å².